The number of alkyl carbamates (subject to hydrolysis) is 1. The highest BCUT2D eigenvalue weighted by Gasteiger charge is 2.39. The summed E-state index contributed by atoms with van der Waals surface area (Å²) in [7, 11) is 2.55. The summed E-state index contributed by atoms with van der Waals surface area (Å²) >= 11 is 0. The second-order valence-electron chi connectivity index (χ2n) is 15.1. The van der Waals surface area contributed by atoms with Crippen LogP contribution in [-0.2, 0) is 23.9 Å². The number of carbonyl (C=O) groups excluding carboxylic acids is 4. The van der Waals surface area contributed by atoms with Crippen molar-refractivity contribution < 1.29 is 37.4 Å². The number of H-pyrrole nitrogens is 2. The number of ether oxygens (including phenoxy) is 2. The quantitative estimate of drug-likeness (QED) is 0.130. The summed E-state index contributed by atoms with van der Waals surface area (Å²) in [4.78, 5) is 69.9. The zero-order valence-electron chi connectivity index (χ0n) is 32.5. The molecule has 13 nitrogen and oxygen atoms in total. The lowest BCUT2D eigenvalue weighted by atomic mass is 9.91. The lowest BCUT2D eigenvalue weighted by Crippen LogP contribution is -2.51. The van der Waals surface area contributed by atoms with Crippen molar-refractivity contribution in [3.8, 4) is 33.6 Å². The van der Waals surface area contributed by atoms with Crippen LogP contribution in [0.3, 0.4) is 0 Å². The molecule has 2 aromatic heterocycles. The molecule has 15 heteroatoms. The molecule has 3 amide bonds. The fraction of sp³-hybridized carbons (Fsp3) is 0.463. The molecular weight excluding hydrogens is 724 g/mol. The Morgan fingerprint density at radius 1 is 0.768 bits per heavy atom. The summed E-state index contributed by atoms with van der Waals surface area (Å²) in [5.41, 5.74) is 2.35. The maximum Gasteiger partial charge on any atom is 0.407 e. The molecule has 2 aliphatic rings. The minimum Gasteiger partial charge on any atom is -0.469 e. The molecule has 4 heterocycles. The van der Waals surface area contributed by atoms with Crippen molar-refractivity contribution in [2.24, 2.45) is 17.8 Å². The van der Waals surface area contributed by atoms with Crippen LogP contribution in [0.1, 0.15) is 83.5 Å². The Hall–Kier alpha value is -5.60. The molecule has 2 aliphatic heterocycles. The molecule has 6 rings (SSSR count). The number of aromatic amines is 2. The van der Waals surface area contributed by atoms with E-state index in [1.165, 1.54) is 32.5 Å². The van der Waals surface area contributed by atoms with Crippen molar-refractivity contribution in [2.75, 3.05) is 27.3 Å². The third-order valence-electron chi connectivity index (χ3n) is 10.9. The van der Waals surface area contributed by atoms with E-state index < -0.39 is 35.7 Å². The van der Waals surface area contributed by atoms with Gasteiger partial charge in [0.05, 0.1) is 62.4 Å². The van der Waals surface area contributed by atoms with Crippen molar-refractivity contribution in [1.29, 1.82) is 0 Å². The van der Waals surface area contributed by atoms with Gasteiger partial charge in [0.25, 0.3) is 0 Å². The Bertz CT molecular complexity index is 1930. The summed E-state index contributed by atoms with van der Waals surface area (Å²) < 4.78 is 40.9. The van der Waals surface area contributed by atoms with Crippen molar-refractivity contribution >= 4 is 23.9 Å². The average Bonchev–Trinajstić information content (AvgIpc) is 4.01. The number of halogens is 2. The van der Waals surface area contributed by atoms with Gasteiger partial charge >= 0.3 is 12.1 Å². The first kappa shape index (κ1) is 40.1. The van der Waals surface area contributed by atoms with Crippen LogP contribution in [0.4, 0.5) is 13.6 Å². The van der Waals surface area contributed by atoms with Gasteiger partial charge in [-0.2, -0.15) is 0 Å². The molecular formula is C41H49F2N7O6. The van der Waals surface area contributed by atoms with Gasteiger partial charge in [-0.05, 0) is 72.9 Å². The van der Waals surface area contributed by atoms with E-state index in [-0.39, 0.29) is 53.3 Å². The number of nitrogens with one attached hydrogen (secondary N) is 3. The first-order valence-electron chi connectivity index (χ1n) is 19.0. The predicted molar refractivity (Wildman–Crippen MR) is 203 cm³/mol. The largest absolute Gasteiger partial charge is 0.469 e. The fourth-order valence-electron chi connectivity index (χ4n) is 7.70. The molecule has 3 N–H and O–H groups in total. The fourth-order valence-corrected chi connectivity index (χ4v) is 7.70. The van der Waals surface area contributed by atoms with E-state index >= 15 is 8.78 Å². The van der Waals surface area contributed by atoms with Crippen LogP contribution in [0.2, 0.25) is 0 Å². The number of amides is 3. The average molecular weight is 774 g/mol. The van der Waals surface area contributed by atoms with Crippen molar-refractivity contribution in [3.63, 3.8) is 0 Å². The number of likely N-dealkylation sites (tertiary alicyclic amines) is 2. The molecule has 56 heavy (non-hydrogen) atoms. The molecule has 0 spiro atoms. The van der Waals surface area contributed by atoms with Crippen LogP contribution in [0.5, 0.6) is 0 Å². The highest BCUT2D eigenvalue weighted by Crippen LogP contribution is 2.37. The Morgan fingerprint density at radius 3 is 1.70 bits per heavy atom. The lowest BCUT2D eigenvalue weighted by molar-refractivity contribution is -0.148. The van der Waals surface area contributed by atoms with Gasteiger partial charge in [0.2, 0.25) is 11.8 Å². The monoisotopic (exact) mass is 773 g/mol. The molecule has 4 aromatic rings. The zero-order valence-corrected chi connectivity index (χ0v) is 32.5. The van der Waals surface area contributed by atoms with Crippen LogP contribution in [0, 0.1) is 29.4 Å². The SMILES string of the molecule is COC(=O)C[C@H](C(=O)N1CCC[C@H]1c1ncc(-c2ccc(-c3ccc(-c4cnc([C@@H]5CCCN5C(=O)[C@@H](NC(=O)OC)C(C)C)[nH]4)c(F)c3)cc2F)[nH]1)C(C)C. The van der Waals surface area contributed by atoms with Crippen molar-refractivity contribution in [3.05, 3.63) is 72.1 Å². The van der Waals surface area contributed by atoms with Crippen molar-refractivity contribution in [2.45, 2.75) is 77.9 Å². The van der Waals surface area contributed by atoms with Crippen LogP contribution in [-0.4, -0.2) is 87.0 Å². The smallest absolute Gasteiger partial charge is 0.407 e. The van der Waals surface area contributed by atoms with Gasteiger partial charge < -0.3 is 34.6 Å². The van der Waals surface area contributed by atoms with Gasteiger partial charge in [-0.15, -0.1) is 0 Å². The molecule has 2 saturated heterocycles. The number of rotatable bonds is 12. The van der Waals surface area contributed by atoms with E-state index in [2.05, 4.69) is 25.3 Å². The van der Waals surface area contributed by atoms with Crippen molar-refractivity contribution in [1.82, 2.24) is 35.1 Å². The maximum atomic E-state index is 15.7. The molecule has 4 atom stereocenters. The van der Waals surface area contributed by atoms with E-state index in [1.54, 1.807) is 40.3 Å². The molecule has 0 saturated carbocycles. The van der Waals surface area contributed by atoms with E-state index in [0.717, 1.165) is 12.8 Å². The lowest BCUT2D eigenvalue weighted by Gasteiger charge is -2.30. The number of aromatic nitrogens is 4. The molecule has 0 bridgehead atoms. The normalized spacial score (nSPS) is 18.0. The Labute approximate surface area is 324 Å². The summed E-state index contributed by atoms with van der Waals surface area (Å²) in [6.45, 7) is 8.51. The first-order chi connectivity index (χ1) is 26.8. The van der Waals surface area contributed by atoms with E-state index in [1.807, 2.05) is 27.7 Å². The minimum absolute atomic E-state index is 0.00450. The Balaban J connectivity index is 1.16. The number of methoxy groups -OCH3 is 2. The Morgan fingerprint density at radius 2 is 1.27 bits per heavy atom. The molecule has 298 valence electrons. The number of hydrogen-bond donors (Lipinski definition) is 3. The number of hydrogen-bond acceptors (Lipinski definition) is 8. The summed E-state index contributed by atoms with van der Waals surface area (Å²) in [6, 6.07) is 7.82. The Kier molecular flexibility index (Phi) is 12.2. The maximum absolute atomic E-state index is 15.7. The van der Waals surface area contributed by atoms with Gasteiger partial charge in [-0.3, -0.25) is 14.4 Å². The third kappa shape index (κ3) is 8.31. The van der Waals surface area contributed by atoms with Crippen LogP contribution in [0.15, 0.2) is 48.8 Å². The molecule has 0 radical (unpaired) electrons. The predicted octanol–water partition coefficient (Wildman–Crippen LogP) is 6.95. The number of nitrogens with zero attached hydrogens (tertiary/aromatic N) is 4. The van der Waals surface area contributed by atoms with Crippen LogP contribution in [0.25, 0.3) is 33.6 Å². The van der Waals surface area contributed by atoms with Gasteiger partial charge in [0, 0.05) is 24.2 Å². The molecule has 2 aromatic carbocycles. The van der Waals surface area contributed by atoms with Crippen LogP contribution >= 0.6 is 0 Å². The standard InChI is InChI=1S/C41H49F2N7O6/c1-22(2)28(19-35(51)55-5)39(52)49-15-7-9-33(49)37-44-20-31(46-37)26-13-11-24(17-29(26)42)25-12-14-27(30(43)18-25)32-21-45-38(47-32)34-10-8-16-50(34)40(53)36(23(3)4)48-41(54)56-6/h11-14,17-18,20-23,28,33-34,36H,7-10,15-16,19H2,1-6H3,(H,44,46)(H,45,47)(H,48,54)/t28-,33-,34-,36-/m0/s1. The second kappa shape index (κ2) is 17.0. The minimum atomic E-state index is -0.776. The molecule has 0 unspecified atom stereocenters. The van der Waals surface area contributed by atoms with Gasteiger partial charge in [0.15, 0.2) is 0 Å². The highest BCUT2D eigenvalue weighted by atomic mass is 19.1. The second-order valence-corrected chi connectivity index (χ2v) is 15.1. The summed E-state index contributed by atoms with van der Waals surface area (Å²) in [5, 5.41) is 2.63. The van der Waals surface area contributed by atoms with Crippen LogP contribution < -0.4 is 5.32 Å². The zero-order chi connectivity index (χ0) is 40.3. The van der Waals surface area contributed by atoms with E-state index in [0.29, 0.717) is 60.1 Å². The number of benzene rings is 2. The number of imidazole rings is 2. The number of carbonyl (C=O) groups is 4. The number of esters is 1. The van der Waals surface area contributed by atoms with Gasteiger partial charge in [-0.1, -0.05) is 39.8 Å². The van der Waals surface area contributed by atoms with Gasteiger partial charge in [-0.25, -0.2) is 23.5 Å². The van der Waals surface area contributed by atoms with Gasteiger partial charge in [0.1, 0.15) is 29.3 Å². The van der Waals surface area contributed by atoms with E-state index in [4.69, 9.17) is 9.47 Å². The van der Waals surface area contributed by atoms with E-state index in [9.17, 15) is 19.2 Å². The third-order valence-corrected chi connectivity index (χ3v) is 10.9. The molecule has 0 aliphatic carbocycles. The summed E-state index contributed by atoms with van der Waals surface area (Å²) in [5.74, 6) is -1.61. The highest BCUT2D eigenvalue weighted by molar-refractivity contribution is 5.86. The first-order valence-corrected chi connectivity index (χ1v) is 19.0. The topological polar surface area (TPSA) is 163 Å². The summed E-state index contributed by atoms with van der Waals surface area (Å²) in [6.07, 6.45) is 5.22. The molecule has 2 fully saturated rings.